The minimum absolute atomic E-state index is 0.0435. The van der Waals surface area contributed by atoms with Crippen molar-refractivity contribution >= 4 is 23.0 Å². The van der Waals surface area contributed by atoms with Gasteiger partial charge in [0.1, 0.15) is 5.52 Å². The summed E-state index contributed by atoms with van der Waals surface area (Å²) in [5.41, 5.74) is 2.92. The fourth-order valence-corrected chi connectivity index (χ4v) is 3.63. The van der Waals surface area contributed by atoms with Gasteiger partial charge in [0, 0.05) is 38.1 Å². The van der Waals surface area contributed by atoms with Crippen LogP contribution < -0.4 is 5.32 Å². The van der Waals surface area contributed by atoms with Gasteiger partial charge in [-0.3, -0.25) is 14.3 Å². The zero-order chi connectivity index (χ0) is 19.3. The topological polar surface area (TPSA) is 118 Å². The molecule has 5 rings (SSSR count). The number of amides is 2. The molecule has 10 heteroatoms. The minimum Gasteiger partial charge on any atom is -0.380 e. The number of hydrogen-bond acceptors (Lipinski definition) is 6. The average molecular weight is 381 g/mol. The van der Waals surface area contributed by atoms with E-state index in [4.69, 9.17) is 4.74 Å². The van der Waals surface area contributed by atoms with Gasteiger partial charge in [-0.1, -0.05) is 0 Å². The Morgan fingerprint density at radius 3 is 2.82 bits per heavy atom. The number of likely N-dealkylation sites (tertiary alicyclic amines) is 1. The molecule has 2 N–H and O–H groups in total. The number of carbonyl (C=O) groups is 2. The molecule has 1 spiro atoms. The maximum absolute atomic E-state index is 12.6. The van der Waals surface area contributed by atoms with Gasteiger partial charge in [0.15, 0.2) is 5.65 Å². The second kappa shape index (κ2) is 6.13. The third-order valence-electron chi connectivity index (χ3n) is 5.25. The van der Waals surface area contributed by atoms with Crippen molar-refractivity contribution in [3.05, 3.63) is 30.4 Å². The largest absolute Gasteiger partial charge is 0.380 e. The highest BCUT2D eigenvalue weighted by atomic mass is 16.5. The van der Waals surface area contributed by atoms with Gasteiger partial charge < -0.3 is 19.9 Å². The Balaban J connectivity index is 1.28. The Labute approximate surface area is 159 Å². The number of hydrogen-bond donors (Lipinski definition) is 2. The molecule has 0 aromatic carbocycles. The van der Waals surface area contributed by atoms with Crippen LogP contribution in [0.25, 0.3) is 22.4 Å². The first kappa shape index (κ1) is 16.9. The Kier molecular flexibility index (Phi) is 3.69. The number of nitrogens with zero attached hydrogens (tertiary/aromatic N) is 5. The number of aromatic nitrogens is 5. The van der Waals surface area contributed by atoms with Crippen molar-refractivity contribution < 1.29 is 14.3 Å². The van der Waals surface area contributed by atoms with E-state index < -0.39 is 0 Å². The predicted molar refractivity (Wildman–Crippen MR) is 98.3 cm³/mol. The summed E-state index contributed by atoms with van der Waals surface area (Å²) in [7, 11) is 1.82. The normalized spacial score (nSPS) is 17.4. The van der Waals surface area contributed by atoms with Crippen LogP contribution in [0.15, 0.2) is 24.8 Å². The van der Waals surface area contributed by atoms with Crippen molar-refractivity contribution in [1.82, 2.24) is 34.9 Å². The number of rotatable bonds is 4. The van der Waals surface area contributed by atoms with Crippen LogP contribution in [0.5, 0.6) is 0 Å². The number of carbonyl (C=O) groups excluding carboxylic acids is 2. The van der Waals surface area contributed by atoms with Crippen LogP contribution in [0.2, 0.25) is 0 Å². The van der Waals surface area contributed by atoms with Gasteiger partial charge >= 0.3 is 0 Å². The lowest BCUT2D eigenvalue weighted by atomic mass is 9.78. The molecule has 0 aliphatic carbocycles. The van der Waals surface area contributed by atoms with Gasteiger partial charge in [0.25, 0.3) is 5.91 Å². The smallest absolute Gasteiger partial charge is 0.255 e. The van der Waals surface area contributed by atoms with Crippen LogP contribution in [0.4, 0.5) is 0 Å². The van der Waals surface area contributed by atoms with Crippen LogP contribution in [-0.2, 0) is 16.6 Å². The molecule has 2 amide bonds. The molecule has 144 valence electrons. The van der Waals surface area contributed by atoms with Crippen molar-refractivity contribution in [2.24, 2.45) is 12.5 Å². The number of aryl methyl sites for hydroxylation is 1. The lowest BCUT2D eigenvalue weighted by Gasteiger charge is -2.54. The van der Waals surface area contributed by atoms with E-state index in [0.29, 0.717) is 35.5 Å². The molecule has 3 aromatic heterocycles. The second-order valence-electron chi connectivity index (χ2n) is 7.48. The number of H-pyrrole nitrogens is 1. The molecule has 2 aliphatic heterocycles. The third kappa shape index (κ3) is 2.73. The van der Waals surface area contributed by atoms with Gasteiger partial charge in [-0.25, -0.2) is 9.97 Å². The molecule has 0 unspecified atom stereocenters. The summed E-state index contributed by atoms with van der Waals surface area (Å²) >= 11 is 0. The first-order valence-electron chi connectivity index (χ1n) is 9.00. The summed E-state index contributed by atoms with van der Waals surface area (Å²) in [6.45, 7) is 2.80. The van der Waals surface area contributed by atoms with Crippen LogP contribution in [-0.4, -0.2) is 74.3 Å². The third-order valence-corrected chi connectivity index (χ3v) is 5.25. The van der Waals surface area contributed by atoms with E-state index in [0.717, 1.165) is 18.8 Å². The standard InChI is InChI=1S/C18H19N7O3/c1-24-6-11(2-22-24)13-4-20-16-15(23-13)12(3-19-16)17(27)21-5-14(26)25-7-18(8-25)9-28-10-18/h2-4,6H,5,7-10H2,1H3,(H,19,20)(H,21,27). The van der Waals surface area contributed by atoms with Crippen molar-refractivity contribution in [2.45, 2.75) is 0 Å². The van der Waals surface area contributed by atoms with Crippen molar-refractivity contribution in [1.29, 1.82) is 0 Å². The molecule has 2 fully saturated rings. The first-order valence-corrected chi connectivity index (χ1v) is 9.00. The minimum atomic E-state index is -0.362. The van der Waals surface area contributed by atoms with Crippen molar-refractivity contribution in [3.63, 3.8) is 0 Å². The fraction of sp³-hybridized carbons (Fsp3) is 0.389. The maximum atomic E-state index is 12.6. The SMILES string of the molecule is Cn1cc(-c2cnc3[nH]cc(C(=O)NCC(=O)N4CC5(COC5)C4)c3n2)cn1. The molecule has 5 heterocycles. The van der Waals surface area contributed by atoms with Gasteiger partial charge in [0.05, 0.1) is 48.8 Å². The lowest BCUT2D eigenvalue weighted by Crippen LogP contribution is -2.68. The molecular formula is C18H19N7O3. The van der Waals surface area contributed by atoms with Crippen LogP contribution in [0.3, 0.4) is 0 Å². The number of ether oxygens (including phenoxy) is 1. The van der Waals surface area contributed by atoms with E-state index in [-0.39, 0.29) is 23.8 Å². The molecule has 28 heavy (non-hydrogen) atoms. The highest BCUT2D eigenvalue weighted by Gasteiger charge is 2.50. The van der Waals surface area contributed by atoms with Crippen molar-refractivity contribution in [3.8, 4) is 11.3 Å². The molecule has 3 aromatic rings. The monoisotopic (exact) mass is 381 g/mol. The quantitative estimate of drug-likeness (QED) is 0.654. The summed E-state index contributed by atoms with van der Waals surface area (Å²) in [4.78, 5) is 38.4. The number of nitrogens with one attached hydrogen (secondary N) is 2. The summed E-state index contributed by atoms with van der Waals surface area (Å²) in [6, 6.07) is 0. The Morgan fingerprint density at radius 1 is 1.32 bits per heavy atom. The molecule has 0 saturated carbocycles. The van der Waals surface area contributed by atoms with Gasteiger partial charge in [-0.05, 0) is 0 Å². The van der Waals surface area contributed by atoms with Gasteiger partial charge in [-0.15, -0.1) is 0 Å². The van der Waals surface area contributed by atoms with Gasteiger partial charge in [-0.2, -0.15) is 5.10 Å². The van der Waals surface area contributed by atoms with E-state index in [1.807, 2.05) is 13.2 Å². The van der Waals surface area contributed by atoms with Crippen molar-refractivity contribution in [2.75, 3.05) is 32.8 Å². The second-order valence-corrected chi connectivity index (χ2v) is 7.48. The Bertz CT molecular complexity index is 1070. The molecule has 0 atom stereocenters. The van der Waals surface area contributed by atoms with E-state index in [1.54, 1.807) is 28.2 Å². The number of fused-ring (bicyclic) bond motifs is 1. The molecule has 10 nitrogen and oxygen atoms in total. The molecule has 0 bridgehead atoms. The molecule has 0 radical (unpaired) electrons. The van der Waals surface area contributed by atoms with E-state index >= 15 is 0 Å². The summed E-state index contributed by atoms with van der Waals surface area (Å²) in [5.74, 6) is -0.452. The molecular weight excluding hydrogens is 362 g/mol. The zero-order valence-corrected chi connectivity index (χ0v) is 15.3. The highest BCUT2D eigenvalue weighted by molar-refractivity contribution is 6.05. The van der Waals surface area contributed by atoms with Crippen LogP contribution >= 0.6 is 0 Å². The zero-order valence-electron chi connectivity index (χ0n) is 15.3. The van der Waals surface area contributed by atoms with Crippen LogP contribution in [0.1, 0.15) is 10.4 Å². The fourth-order valence-electron chi connectivity index (χ4n) is 3.63. The summed E-state index contributed by atoms with van der Waals surface area (Å²) in [5, 5.41) is 6.82. The average Bonchev–Trinajstić information content (AvgIpc) is 3.22. The maximum Gasteiger partial charge on any atom is 0.255 e. The summed E-state index contributed by atoms with van der Waals surface area (Å²) in [6.07, 6.45) is 6.70. The Hall–Kier alpha value is -3.27. The molecule has 2 aliphatic rings. The van der Waals surface area contributed by atoms with Gasteiger partial charge in [0.2, 0.25) is 5.91 Å². The van der Waals surface area contributed by atoms with E-state index in [9.17, 15) is 9.59 Å². The van der Waals surface area contributed by atoms with E-state index in [2.05, 4.69) is 25.4 Å². The Morgan fingerprint density at radius 2 is 2.14 bits per heavy atom. The summed E-state index contributed by atoms with van der Waals surface area (Å²) < 4.78 is 6.88. The predicted octanol–water partition coefficient (Wildman–Crippen LogP) is -0.0530. The number of aromatic amines is 1. The first-order chi connectivity index (χ1) is 13.5. The highest BCUT2D eigenvalue weighted by Crippen LogP contribution is 2.37. The van der Waals surface area contributed by atoms with E-state index in [1.165, 1.54) is 0 Å². The van der Waals surface area contributed by atoms with Crippen LogP contribution in [0, 0.1) is 5.41 Å². The lowest BCUT2D eigenvalue weighted by molar-refractivity contribution is -0.194. The molecule has 2 saturated heterocycles.